The zero-order chi connectivity index (χ0) is 17.1. The van der Waals surface area contributed by atoms with Crippen LogP contribution in [0, 0.1) is 11.8 Å². The van der Waals surface area contributed by atoms with E-state index in [9.17, 15) is 4.79 Å². The maximum absolute atomic E-state index is 11.1. The van der Waals surface area contributed by atoms with E-state index in [1.54, 1.807) is 0 Å². The number of unbranched alkanes of at least 4 members (excludes halogenated alkanes) is 1. The van der Waals surface area contributed by atoms with Gasteiger partial charge in [-0.05, 0) is 57.3 Å². The van der Waals surface area contributed by atoms with Crippen molar-refractivity contribution in [3.63, 3.8) is 0 Å². The summed E-state index contributed by atoms with van der Waals surface area (Å²) >= 11 is 0. The Balaban J connectivity index is 2.31. The number of methoxy groups -OCH3 is 1. The van der Waals surface area contributed by atoms with Gasteiger partial charge in [-0.2, -0.15) is 0 Å². The van der Waals surface area contributed by atoms with Gasteiger partial charge in [0.1, 0.15) is 0 Å². The molecule has 0 atom stereocenters. The molecule has 0 bridgehead atoms. The molecule has 1 saturated carbocycles. The van der Waals surface area contributed by atoms with Crippen LogP contribution in [0.25, 0.3) is 0 Å². The predicted octanol–water partition coefficient (Wildman–Crippen LogP) is 3.10. The van der Waals surface area contributed by atoms with Crippen molar-refractivity contribution in [2.75, 3.05) is 20.2 Å². The van der Waals surface area contributed by atoms with Gasteiger partial charge in [-0.25, -0.2) is 0 Å². The Morgan fingerprint density at radius 2 is 1.91 bits per heavy atom. The Bertz CT molecular complexity index is 361. The topological polar surface area (TPSA) is 62.7 Å². The SMILES string of the molecule is CCNC(=NCCCCC(=O)OC)NC1CCC(C(C)C)CC1. The quantitative estimate of drug-likeness (QED) is 0.311. The second-order valence-corrected chi connectivity index (χ2v) is 6.79. The predicted molar refractivity (Wildman–Crippen MR) is 95.6 cm³/mol. The third kappa shape index (κ3) is 8.24. The second kappa shape index (κ2) is 11.3. The van der Waals surface area contributed by atoms with Gasteiger partial charge >= 0.3 is 5.97 Å². The highest BCUT2D eigenvalue weighted by Crippen LogP contribution is 2.29. The van der Waals surface area contributed by atoms with Crippen LogP contribution in [0.3, 0.4) is 0 Å². The lowest BCUT2D eigenvalue weighted by molar-refractivity contribution is -0.140. The average Bonchev–Trinajstić information content (AvgIpc) is 2.54. The van der Waals surface area contributed by atoms with Crippen LogP contribution in [-0.4, -0.2) is 38.2 Å². The molecule has 134 valence electrons. The first-order chi connectivity index (χ1) is 11.1. The van der Waals surface area contributed by atoms with Gasteiger partial charge in [0.05, 0.1) is 7.11 Å². The van der Waals surface area contributed by atoms with E-state index in [-0.39, 0.29) is 5.97 Å². The smallest absolute Gasteiger partial charge is 0.305 e. The summed E-state index contributed by atoms with van der Waals surface area (Å²) in [5.41, 5.74) is 0. The number of guanidine groups is 1. The molecule has 0 saturated heterocycles. The van der Waals surface area contributed by atoms with Crippen LogP contribution in [-0.2, 0) is 9.53 Å². The van der Waals surface area contributed by atoms with E-state index >= 15 is 0 Å². The summed E-state index contributed by atoms with van der Waals surface area (Å²) in [6, 6.07) is 0.540. The fourth-order valence-electron chi connectivity index (χ4n) is 3.12. The summed E-state index contributed by atoms with van der Waals surface area (Å²) in [6.45, 7) is 8.36. The first-order valence-corrected chi connectivity index (χ1v) is 9.18. The number of carbonyl (C=O) groups excluding carboxylic acids is 1. The second-order valence-electron chi connectivity index (χ2n) is 6.79. The van der Waals surface area contributed by atoms with Crippen LogP contribution in [0.5, 0.6) is 0 Å². The standard InChI is InChI=1S/C18H35N3O2/c1-5-19-18(20-13-7-6-8-17(22)23-4)21-16-11-9-15(10-12-16)14(2)3/h14-16H,5-13H2,1-4H3,(H2,19,20,21). The molecular weight excluding hydrogens is 290 g/mol. The van der Waals surface area contributed by atoms with Crippen molar-refractivity contribution in [3.05, 3.63) is 0 Å². The van der Waals surface area contributed by atoms with Crippen LogP contribution in [0.15, 0.2) is 4.99 Å². The number of nitrogens with one attached hydrogen (secondary N) is 2. The van der Waals surface area contributed by atoms with Crippen molar-refractivity contribution >= 4 is 11.9 Å². The van der Waals surface area contributed by atoms with E-state index < -0.39 is 0 Å². The number of nitrogens with zero attached hydrogens (tertiary/aromatic N) is 1. The number of carbonyl (C=O) groups is 1. The number of hydrogen-bond donors (Lipinski definition) is 2. The van der Waals surface area contributed by atoms with Gasteiger partial charge < -0.3 is 15.4 Å². The normalized spacial score (nSPS) is 22.0. The van der Waals surface area contributed by atoms with Gasteiger partial charge in [0, 0.05) is 25.6 Å². The molecule has 23 heavy (non-hydrogen) atoms. The van der Waals surface area contributed by atoms with E-state index in [1.165, 1.54) is 32.8 Å². The first-order valence-electron chi connectivity index (χ1n) is 9.18. The van der Waals surface area contributed by atoms with Gasteiger partial charge in [0.2, 0.25) is 0 Å². The lowest BCUT2D eigenvalue weighted by Crippen LogP contribution is -2.45. The maximum Gasteiger partial charge on any atom is 0.305 e. The van der Waals surface area contributed by atoms with Crippen LogP contribution >= 0.6 is 0 Å². The van der Waals surface area contributed by atoms with Crippen molar-refractivity contribution in [1.29, 1.82) is 0 Å². The highest BCUT2D eigenvalue weighted by atomic mass is 16.5. The number of aliphatic imine (C=N–C) groups is 1. The average molecular weight is 325 g/mol. The summed E-state index contributed by atoms with van der Waals surface area (Å²) < 4.78 is 4.64. The summed E-state index contributed by atoms with van der Waals surface area (Å²) in [5.74, 6) is 2.46. The third-order valence-corrected chi connectivity index (χ3v) is 4.69. The molecule has 0 heterocycles. The molecule has 0 aromatic carbocycles. The summed E-state index contributed by atoms with van der Waals surface area (Å²) in [6.07, 6.45) is 7.31. The molecule has 1 fully saturated rings. The Morgan fingerprint density at radius 1 is 1.22 bits per heavy atom. The van der Waals surface area contributed by atoms with Gasteiger partial charge in [0.15, 0.2) is 5.96 Å². The summed E-state index contributed by atoms with van der Waals surface area (Å²) in [5, 5.41) is 6.90. The molecule has 2 N–H and O–H groups in total. The van der Waals surface area contributed by atoms with Gasteiger partial charge in [-0.3, -0.25) is 9.79 Å². The molecule has 5 heteroatoms. The van der Waals surface area contributed by atoms with Crippen LogP contribution in [0.2, 0.25) is 0 Å². The fourth-order valence-corrected chi connectivity index (χ4v) is 3.12. The minimum atomic E-state index is -0.138. The largest absolute Gasteiger partial charge is 0.469 e. The Kier molecular flexibility index (Phi) is 9.72. The van der Waals surface area contributed by atoms with E-state index in [4.69, 9.17) is 0 Å². The highest BCUT2D eigenvalue weighted by Gasteiger charge is 2.23. The highest BCUT2D eigenvalue weighted by molar-refractivity contribution is 5.80. The van der Waals surface area contributed by atoms with Gasteiger partial charge in [-0.15, -0.1) is 0 Å². The van der Waals surface area contributed by atoms with Crippen molar-refractivity contribution in [2.45, 2.75) is 71.8 Å². The molecule has 1 rings (SSSR count). The molecule has 0 aliphatic heterocycles. The van der Waals surface area contributed by atoms with Crippen molar-refractivity contribution in [3.8, 4) is 0 Å². The van der Waals surface area contributed by atoms with E-state index in [0.717, 1.165) is 43.7 Å². The first kappa shape index (κ1) is 19.8. The Hall–Kier alpha value is -1.26. The monoisotopic (exact) mass is 325 g/mol. The molecule has 1 aliphatic carbocycles. The molecule has 0 aromatic rings. The molecular formula is C18H35N3O2. The molecule has 0 aromatic heterocycles. The summed E-state index contributed by atoms with van der Waals surface area (Å²) in [4.78, 5) is 15.7. The molecule has 5 nitrogen and oxygen atoms in total. The third-order valence-electron chi connectivity index (χ3n) is 4.69. The maximum atomic E-state index is 11.1. The van der Waals surface area contributed by atoms with E-state index in [2.05, 4.69) is 41.1 Å². The van der Waals surface area contributed by atoms with Gasteiger partial charge in [0.25, 0.3) is 0 Å². The van der Waals surface area contributed by atoms with Crippen molar-refractivity contribution in [1.82, 2.24) is 10.6 Å². The van der Waals surface area contributed by atoms with Crippen LogP contribution in [0.1, 0.15) is 65.7 Å². The van der Waals surface area contributed by atoms with E-state index in [0.29, 0.717) is 12.5 Å². The number of rotatable bonds is 8. The lowest BCUT2D eigenvalue weighted by Gasteiger charge is -2.32. The van der Waals surface area contributed by atoms with E-state index in [1.807, 2.05) is 0 Å². The lowest BCUT2D eigenvalue weighted by atomic mass is 9.80. The Labute approximate surface area is 141 Å². The van der Waals surface area contributed by atoms with Crippen molar-refractivity contribution < 1.29 is 9.53 Å². The van der Waals surface area contributed by atoms with Crippen LogP contribution < -0.4 is 10.6 Å². The fraction of sp³-hybridized carbons (Fsp3) is 0.889. The van der Waals surface area contributed by atoms with Crippen molar-refractivity contribution in [2.24, 2.45) is 16.8 Å². The number of hydrogen-bond acceptors (Lipinski definition) is 3. The molecule has 0 unspecified atom stereocenters. The summed E-state index contributed by atoms with van der Waals surface area (Å²) in [7, 11) is 1.43. The molecule has 0 amide bonds. The number of ether oxygens (including phenoxy) is 1. The number of esters is 1. The molecule has 0 radical (unpaired) electrons. The molecule has 1 aliphatic rings. The molecule has 0 spiro atoms. The minimum Gasteiger partial charge on any atom is -0.469 e. The minimum absolute atomic E-state index is 0.138. The van der Waals surface area contributed by atoms with Crippen LogP contribution in [0.4, 0.5) is 0 Å². The van der Waals surface area contributed by atoms with Gasteiger partial charge in [-0.1, -0.05) is 13.8 Å². The zero-order valence-corrected chi connectivity index (χ0v) is 15.4. The Morgan fingerprint density at radius 3 is 2.48 bits per heavy atom. The zero-order valence-electron chi connectivity index (χ0n) is 15.4.